The van der Waals surface area contributed by atoms with Gasteiger partial charge < -0.3 is 9.80 Å². The van der Waals surface area contributed by atoms with Gasteiger partial charge in [-0.25, -0.2) is 4.98 Å². The van der Waals surface area contributed by atoms with E-state index in [-0.39, 0.29) is 5.91 Å². The molecular formula is C18H23N3OS. The van der Waals surface area contributed by atoms with Crippen LogP contribution in [0.1, 0.15) is 29.1 Å². The number of amides is 1. The highest BCUT2D eigenvalue weighted by molar-refractivity contribution is 7.12. The van der Waals surface area contributed by atoms with E-state index in [0.717, 1.165) is 43.6 Å². The predicted octanol–water partition coefficient (Wildman–Crippen LogP) is 3.37. The zero-order valence-corrected chi connectivity index (χ0v) is 14.6. The van der Waals surface area contributed by atoms with Crippen LogP contribution in [0.25, 0.3) is 11.3 Å². The Kier molecular flexibility index (Phi) is 5.08. The molecule has 0 unspecified atom stereocenters. The topological polar surface area (TPSA) is 36.4 Å². The van der Waals surface area contributed by atoms with Gasteiger partial charge in [0.2, 0.25) is 0 Å². The lowest BCUT2D eigenvalue weighted by Crippen LogP contribution is -2.33. The summed E-state index contributed by atoms with van der Waals surface area (Å²) in [4.78, 5) is 21.5. The van der Waals surface area contributed by atoms with E-state index >= 15 is 0 Å². The number of likely N-dealkylation sites (tertiary alicyclic amines) is 1. The fourth-order valence-corrected chi connectivity index (χ4v) is 3.84. The largest absolute Gasteiger partial charge is 0.337 e. The van der Waals surface area contributed by atoms with E-state index in [2.05, 4.69) is 24.0 Å². The Morgan fingerprint density at radius 2 is 2.00 bits per heavy atom. The fraction of sp³-hybridized carbons (Fsp3) is 0.444. The number of thiazole rings is 1. The summed E-state index contributed by atoms with van der Waals surface area (Å²) < 4.78 is 0. The molecule has 5 heteroatoms. The summed E-state index contributed by atoms with van der Waals surface area (Å²) in [5, 5.41) is 2.58. The van der Waals surface area contributed by atoms with Crippen LogP contribution in [0.4, 0.5) is 0 Å². The Morgan fingerprint density at radius 1 is 1.22 bits per heavy atom. The van der Waals surface area contributed by atoms with Gasteiger partial charge in [0, 0.05) is 30.1 Å². The zero-order valence-electron chi connectivity index (χ0n) is 13.7. The van der Waals surface area contributed by atoms with Crippen molar-refractivity contribution in [3.63, 3.8) is 0 Å². The summed E-state index contributed by atoms with van der Waals surface area (Å²) in [5.74, 6) is 0.0802. The first-order valence-electron chi connectivity index (χ1n) is 8.12. The fourth-order valence-electron chi connectivity index (χ4n) is 3.05. The first kappa shape index (κ1) is 16.1. The van der Waals surface area contributed by atoms with Crippen LogP contribution in [0.15, 0.2) is 35.7 Å². The lowest BCUT2D eigenvalue weighted by atomic mass is 10.1. The molecule has 2 aromatic rings. The highest BCUT2D eigenvalue weighted by Crippen LogP contribution is 2.23. The van der Waals surface area contributed by atoms with E-state index in [4.69, 9.17) is 0 Å². The van der Waals surface area contributed by atoms with E-state index in [0.29, 0.717) is 11.0 Å². The molecule has 1 saturated heterocycles. The first-order chi connectivity index (χ1) is 11.1. The standard InChI is InChI=1S/C18H23N3OS/c1-20(2)15-9-6-11-21(12-10-15)18(22)17-19-16(13-23-17)14-7-4-3-5-8-14/h3-5,7-8,13,15H,6,9-12H2,1-2H3/t15-/m0/s1. The van der Waals surface area contributed by atoms with Crippen molar-refractivity contribution in [1.29, 1.82) is 0 Å². The monoisotopic (exact) mass is 329 g/mol. The lowest BCUT2D eigenvalue weighted by Gasteiger charge is -2.23. The minimum atomic E-state index is 0.0802. The van der Waals surface area contributed by atoms with Crippen LogP contribution in [-0.2, 0) is 0 Å². The predicted molar refractivity (Wildman–Crippen MR) is 94.8 cm³/mol. The van der Waals surface area contributed by atoms with Gasteiger partial charge in [0.1, 0.15) is 0 Å². The molecule has 4 nitrogen and oxygen atoms in total. The van der Waals surface area contributed by atoms with Crippen molar-refractivity contribution < 1.29 is 4.79 Å². The van der Waals surface area contributed by atoms with Crippen molar-refractivity contribution in [2.75, 3.05) is 27.2 Å². The van der Waals surface area contributed by atoms with Gasteiger partial charge in [-0.1, -0.05) is 30.3 Å². The third-order valence-corrected chi connectivity index (χ3v) is 5.30. The van der Waals surface area contributed by atoms with Gasteiger partial charge in [0.15, 0.2) is 5.01 Å². The van der Waals surface area contributed by atoms with Crippen LogP contribution in [0.3, 0.4) is 0 Å². The molecule has 0 aliphatic carbocycles. The highest BCUT2D eigenvalue weighted by Gasteiger charge is 2.24. The summed E-state index contributed by atoms with van der Waals surface area (Å²) >= 11 is 1.45. The maximum atomic E-state index is 12.7. The van der Waals surface area contributed by atoms with Gasteiger partial charge in [0.25, 0.3) is 5.91 Å². The summed E-state index contributed by atoms with van der Waals surface area (Å²) in [6.45, 7) is 1.66. The van der Waals surface area contributed by atoms with E-state index in [9.17, 15) is 4.79 Å². The molecule has 1 atom stereocenters. The average molecular weight is 329 g/mol. The molecule has 1 amide bonds. The van der Waals surface area contributed by atoms with Crippen molar-refractivity contribution in [3.8, 4) is 11.3 Å². The maximum absolute atomic E-state index is 12.7. The van der Waals surface area contributed by atoms with Gasteiger partial charge in [-0.05, 0) is 33.4 Å². The summed E-state index contributed by atoms with van der Waals surface area (Å²) in [7, 11) is 4.24. The number of nitrogens with zero attached hydrogens (tertiary/aromatic N) is 3. The molecular weight excluding hydrogens is 306 g/mol. The second-order valence-electron chi connectivity index (χ2n) is 6.24. The molecule has 1 aliphatic heterocycles. The smallest absolute Gasteiger partial charge is 0.282 e. The van der Waals surface area contributed by atoms with Gasteiger partial charge >= 0.3 is 0 Å². The Bertz CT molecular complexity index is 653. The quantitative estimate of drug-likeness (QED) is 0.866. The molecule has 2 heterocycles. The maximum Gasteiger partial charge on any atom is 0.282 e. The molecule has 1 fully saturated rings. The summed E-state index contributed by atoms with van der Waals surface area (Å²) in [5.41, 5.74) is 1.95. The Labute approximate surface area is 141 Å². The molecule has 0 spiro atoms. The van der Waals surface area contributed by atoms with Crippen LogP contribution in [0.5, 0.6) is 0 Å². The Balaban J connectivity index is 1.70. The highest BCUT2D eigenvalue weighted by atomic mass is 32.1. The molecule has 1 aliphatic rings. The summed E-state index contributed by atoms with van der Waals surface area (Å²) in [6, 6.07) is 10.6. The van der Waals surface area contributed by atoms with E-state index in [1.807, 2.05) is 40.6 Å². The molecule has 0 saturated carbocycles. The molecule has 0 bridgehead atoms. The normalized spacial score (nSPS) is 18.9. The van der Waals surface area contributed by atoms with Crippen LogP contribution in [0.2, 0.25) is 0 Å². The molecule has 3 rings (SSSR count). The number of benzene rings is 1. The molecule has 23 heavy (non-hydrogen) atoms. The van der Waals surface area contributed by atoms with Crippen molar-refractivity contribution in [2.45, 2.75) is 25.3 Å². The van der Waals surface area contributed by atoms with Crippen LogP contribution in [-0.4, -0.2) is 53.9 Å². The number of rotatable bonds is 3. The van der Waals surface area contributed by atoms with Crippen molar-refractivity contribution in [2.24, 2.45) is 0 Å². The van der Waals surface area contributed by atoms with Gasteiger partial charge in [-0.3, -0.25) is 4.79 Å². The van der Waals surface area contributed by atoms with Crippen LogP contribution < -0.4 is 0 Å². The number of hydrogen-bond acceptors (Lipinski definition) is 4. The zero-order chi connectivity index (χ0) is 16.2. The molecule has 1 aromatic heterocycles. The second kappa shape index (κ2) is 7.23. The lowest BCUT2D eigenvalue weighted by molar-refractivity contribution is 0.0758. The van der Waals surface area contributed by atoms with E-state index in [1.165, 1.54) is 11.3 Å². The minimum Gasteiger partial charge on any atom is -0.337 e. The molecule has 0 N–H and O–H groups in total. The number of aromatic nitrogens is 1. The number of hydrogen-bond donors (Lipinski definition) is 0. The first-order valence-corrected chi connectivity index (χ1v) is 9.00. The van der Waals surface area contributed by atoms with Crippen molar-refractivity contribution in [3.05, 3.63) is 40.7 Å². The van der Waals surface area contributed by atoms with Crippen molar-refractivity contribution >= 4 is 17.2 Å². The average Bonchev–Trinajstić information content (AvgIpc) is 2.92. The van der Waals surface area contributed by atoms with E-state index < -0.39 is 0 Å². The number of carbonyl (C=O) groups is 1. The Hall–Kier alpha value is -1.72. The van der Waals surface area contributed by atoms with Crippen LogP contribution in [0, 0.1) is 0 Å². The van der Waals surface area contributed by atoms with Gasteiger partial charge in [-0.15, -0.1) is 11.3 Å². The molecule has 122 valence electrons. The van der Waals surface area contributed by atoms with Crippen molar-refractivity contribution in [1.82, 2.24) is 14.8 Å². The van der Waals surface area contributed by atoms with Gasteiger partial charge in [0.05, 0.1) is 5.69 Å². The molecule has 0 radical (unpaired) electrons. The minimum absolute atomic E-state index is 0.0802. The number of carbonyl (C=O) groups excluding carboxylic acids is 1. The SMILES string of the molecule is CN(C)[C@H]1CCCN(C(=O)c2nc(-c3ccccc3)cs2)CC1. The van der Waals surface area contributed by atoms with Gasteiger partial charge in [-0.2, -0.15) is 0 Å². The van der Waals surface area contributed by atoms with Crippen LogP contribution >= 0.6 is 11.3 Å². The third kappa shape index (κ3) is 3.79. The second-order valence-corrected chi connectivity index (χ2v) is 7.10. The summed E-state index contributed by atoms with van der Waals surface area (Å²) in [6.07, 6.45) is 3.26. The molecule has 1 aromatic carbocycles. The Morgan fingerprint density at radius 3 is 2.74 bits per heavy atom. The third-order valence-electron chi connectivity index (χ3n) is 4.47. The van der Waals surface area contributed by atoms with E-state index in [1.54, 1.807) is 0 Å².